The van der Waals surface area contributed by atoms with Gasteiger partial charge in [-0.1, -0.05) is 35.9 Å². The highest BCUT2D eigenvalue weighted by Gasteiger charge is 2.18. The average Bonchev–Trinajstić information content (AvgIpc) is 3.37. The lowest BCUT2D eigenvalue weighted by molar-refractivity contribution is 0.0600. The number of hydrogen-bond acceptors (Lipinski definition) is 6. The minimum atomic E-state index is -0.570. The number of carbonyl (C=O) groups excluding carboxylic acids is 1. The Kier molecular flexibility index (Phi) is 6.04. The van der Waals surface area contributed by atoms with Crippen molar-refractivity contribution in [3.05, 3.63) is 99.7 Å². The summed E-state index contributed by atoms with van der Waals surface area (Å²) in [7, 11) is 1.28. The number of para-hydroxylation sites is 1. The molecule has 2 aromatic carbocycles. The molecular formula is C23H20ClN5O3. The smallest absolute Gasteiger partial charge is 0.340 e. The molecular weight excluding hydrogens is 430 g/mol. The van der Waals surface area contributed by atoms with Gasteiger partial charge in [0.2, 0.25) is 0 Å². The number of ether oxygens (including phenoxy) is 1. The maximum absolute atomic E-state index is 12.9. The van der Waals surface area contributed by atoms with Crippen LogP contribution in [0, 0.1) is 0 Å². The molecule has 4 rings (SSSR count). The zero-order valence-electron chi connectivity index (χ0n) is 17.4. The van der Waals surface area contributed by atoms with Crippen LogP contribution >= 0.6 is 11.6 Å². The van der Waals surface area contributed by atoms with Gasteiger partial charge in [-0.25, -0.2) is 9.48 Å². The van der Waals surface area contributed by atoms with Crippen LogP contribution in [0.2, 0.25) is 5.02 Å². The maximum Gasteiger partial charge on any atom is 0.340 e. The zero-order chi connectivity index (χ0) is 22.7. The number of halogens is 1. The van der Waals surface area contributed by atoms with Crippen molar-refractivity contribution in [2.24, 2.45) is 0 Å². The van der Waals surface area contributed by atoms with Gasteiger partial charge >= 0.3 is 5.97 Å². The molecule has 0 saturated carbocycles. The number of esters is 1. The van der Waals surface area contributed by atoms with Gasteiger partial charge in [0.1, 0.15) is 5.02 Å². The minimum absolute atomic E-state index is 0.0281. The summed E-state index contributed by atoms with van der Waals surface area (Å²) < 4.78 is 7.65. The summed E-state index contributed by atoms with van der Waals surface area (Å²) >= 11 is 6.37. The number of methoxy groups -OCH3 is 1. The van der Waals surface area contributed by atoms with Crippen LogP contribution in [0.4, 0.5) is 5.69 Å². The van der Waals surface area contributed by atoms with Crippen LogP contribution < -0.4 is 10.9 Å². The molecule has 0 aliphatic rings. The topological polar surface area (TPSA) is 91.0 Å². The Labute approximate surface area is 189 Å². The molecule has 1 atom stereocenters. The van der Waals surface area contributed by atoms with Crippen LogP contribution in [0.1, 0.15) is 28.9 Å². The molecule has 0 aliphatic carbocycles. The van der Waals surface area contributed by atoms with Crippen LogP contribution in [0.5, 0.6) is 0 Å². The van der Waals surface area contributed by atoms with Gasteiger partial charge in [-0.2, -0.15) is 14.9 Å². The summed E-state index contributed by atoms with van der Waals surface area (Å²) in [6.45, 7) is 1.96. The maximum atomic E-state index is 12.9. The average molecular weight is 450 g/mol. The van der Waals surface area contributed by atoms with E-state index < -0.39 is 11.5 Å². The van der Waals surface area contributed by atoms with Gasteiger partial charge in [0.25, 0.3) is 5.56 Å². The summed E-state index contributed by atoms with van der Waals surface area (Å²) in [6.07, 6.45) is 5.06. The summed E-state index contributed by atoms with van der Waals surface area (Å²) in [4.78, 5) is 25.0. The Morgan fingerprint density at radius 3 is 2.53 bits per heavy atom. The Balaban J connectivity index is 1.59. The van der Waals surface area contributed by atoms with Crippen molar-refractivity contribution in [1.82, 2.24) is 19.6 Å². The molecule has 4 aromatic rings. The van der Waals surface area contributed by atoms with Crippen molar-refractivity contribution in [2.45, 2.75) is 13.0 Å². The van der Waals surface area contributed by atoms with Crippen molar-refractivity contribution in [2.75, 3.05) is 12.4 Å². The highest BCUT2D eigenvalue weighted by molar-refractivity contribution is 6.33. The number of nitrogens with zero attached hydrogens (tertiary/aromatic N) is 4. The molecule has 9 heteroatoms. The van der Waals surface area contributed by atoms with E-state index in [-0.39, 0.29) is 16.6 Å². The van der Waals surface area contributed by atoms with Gasteiger partial charge in [-0.05, 0) is 42.8 Å². The second-order valence-corrected chi connectivity index (χ2v) is 7.38. The Hall–Kier alpha value is -3.91. The van der Waals surface area contributed by atoms with Gasteiger partial charge in [0.15, 0.2) is 0 Å². The van der Waals surface area contributed by atoms with E-state index in [0.29, 0.717) is 11.4 Å². The summed E-state index contributed by atoms with van der Waals surface area (Å²) in [5, 5.41) is 11.6. The monoisotopic (exact) mass is 449 g/mol. The fourth-order valence-corrected chi connectivity index (χ4v) is 3.48. The van der Waals surface area contributed by atoms with Gasteiger partial charge in [0, 0.05) is 18.4 Å². The number of hydrogen-bond donors (Lipinski definition) is 1. The first-order valence-electron chi connectivity index (χ1n) is 9.81. The Morgan fingerprint density at radius 1 is 1.09 bits per heavy atom. The molecule has 2 aromatic heterocycles. The van der Waals surface area contributed by atoms with Gasteiger partial charge in [-0.15, -0.1) is 0 Å². The number of anilines is 1. The summed E-state index contributed by atoms with van der Waals surface area (Å²) in [5.74, 6) is -0.570. The number of carbonyl (C=O) groups is 1. The summed E-state index contributed by atoms with van der Waals surface area (Å²) in [6, 6.07) is 16.1. The van der Waals surface area contributed by atoms with Crippen LogP contribution in [0.3, 0.4) is 0 Å². The largest absolute Gasteiger partial charge is 0.465 e. The molecule has 0 aliphatic heterocycles. The first-order chi connectivity index (χ1) is 15.5. The standard InChI is InChI=1S/C23H20ClN5O3/c1-15(16-8-10-17(11-9-16)28-13-5-12-25-28)27-19-14-26-29(22(30)21(19)24)20-7-4-3-6-18(20)23(31)32-2/h3-15,27H,1-2H3. The third kappa shape index (κ3) is 4.13. The number of rotatable bonds is 6. The molecule has 0 saturated heterocycles. The molecule has 0 radical (unpaired) electrons. The van der Waals surface area contributed by atoms with Crippen LogP contribution in [-0.4, -0.2) is 32.6 Å². The van der Waals surface area contributed by atoms with Gasteiger partial charge in [0.05, 0.1) is 35.9 Å². The molecule has 8 nitrogen and oxygen atoms in total. The second-order valence-electron chi connectivity index (χ2n) is 7.01. The molecule has 0 spiro atoms. The predicted octanol–water partition coefficient (Wildman–Crippen LogP) is 4.03. The van der Waals surface area contributed by atoms with Crippen molar-refractivity contribution < 1.29 is 9.53 Å². The van der Waals surface area contributed by atoms with E-state index in [2.05, 4.69) is 15.5 Å². The minimum Gasteiger partial charge on any atom is -0.465 e. The summed E-state index contributed by atoms with van der Waals surface area (Å²) in [5.41, 5.74) is 2.29. The van der Waals surface area contributed by atoms with E-state index in [1.54, 1.807) is 35.1 Å². The van der Waals surface area contributed by atoms with Crippen molar-refractivity contribution in [3.63, 3.8) is 0 Å². The lowest BCUT2D eigenvalue weighted by Crippen LogP contribution is -2.25. The van der Waals surface area contributed by atoms with E-state index in [4.69, 9.17) is 16.3 Å². The molecule has 32 heavy (non-hydrogen) atoms. The number of benzene rings is 2. The lowest BCUT2D eigenvalue weighted by atomic mass is 10.1. The van der Waals surface area contributed by atoms with Crippen molar-refractivity contribution in [1.29, 1.82) is 0 Å². The van der Waals surface area contributed by atoms with Crippen molar-refractivity contribution >= 4 is 23.3 Å². The molecule has 0 amide bonds. The Morgan fingerprint density at radius 2 is 1.84 bits per heavy atom. The molecule has 1 unspecified atom stereocenters. The van der Waals surface area contributed by atoms with Crippen LogP contribution in [0.15, 0.2) is 78.0 Å². The van der Waals surface area contributed by atoms with E-state index in [9.17, 15) is 9.59 Å². The lowest BCUT2D eigenvalue weighted by Gasteiger charge is -2.18. The zero-order valence-corrected chi connectivity index (χ0v) is 18.2. The quantitative estimate of drug-likeness (QED) is 0.447. The number of nitrogens with one attached hydrogen (secondary N) is 1. The molecule has 2 heterocycles. The third-order valence-electron chi connectivity index (χ3n) is 4.99. The van der Waals surface area contributed by atoms with Gasteiger partial charge in [-0.3, -0.25) is 4.79 Å². The molecule has 162 valence electrons. The predicted molar refractivity (Wildman–Crippen MR) is 122 cm³/mol. The normalized spacial score (nSPS) is 11.7. The van der Waals surface area contributed by atoms with E-state index in [1.807, 2.05) is 43.5 Å². The molecule has 0 bridgehead atoms. The van der Waals surface area contributed by atoms with Gasteiger partial charge < -0.3 is 10.1 Å². The SMILES string of the molecule is COC(=O)c1ccccc1-n1ncc(NC(C)c2ccc(-n3cccn3)cc2)c(Cl)c1=O. The number of aromatic nitrogens is 4. The van der Waals surface area contributed by atoms with E-state index >= 15 is 0 Å². The van der Waals surface area contributed by atoms with E-state index in [0.717, 1.165) is 15.9 Å². The second kappa shape index (κ2) is 9.07. The highest BCUT2D eigenvalue weighted by atomic mass is 35.5. The fourth-order valence-electron chi connectivity index (χ4n) is 3.30. The first-order valence-corrected chi connectivity index (χ1v) is 10.2. The highest BCUT2D eigenvalue weighted by Crippen LogP contribution is 2.24. The third-order valence-corrected chi connectivity index (χ3v) is 5.36. The fraction of sp³-hybridized carbons (Fsp3) is 0.130. The van der Waals surface area contributed by atoms with Crippen LogP contribution in [0.25, 0.3) is 11.4 Å². The van der Waals surface area contributed by atoms with Crippen molar-refractivity contribution in [3.8, 4) is 11.4 Å². The molecule has 1 N–H and O–H groups in total. The van der Waals surface area contributed by atoms with Crippen LogP contribution in [-0.2, 0) is 4.74 Å². The Bertz CT molecular complexity index is 1300. The van der Waals surface area contributed by atoms with E-state index in [1.165, 1.54) is 13.3 Å². The molecule has 0 fully saturated rings. The first kappa shape index (κ1) is 21.3.